The predicted octanol–water partition coefficient (Wildman–Crippen LogP) is 7.23. The predicted molar refractivity (Wildman–Crippen MR) is 225 cm³/mol. The molecule has 6 rings (SSSR count). The highest BCUT2D eigenvalue weighted by atomic mass is 16.7. The van der Waals surface area contributed by atoms with E-state index in [1.807, 2.05) is 109 Å². The lowest BCUT2D eigenvalue weighted by Gasteiger charge is -2.40. The zero-order chi connectivity index (χ0) is 42.4. The second-order valence-corrected chi connectivity index (χ2v) is 16.2. The summed E-state index contributed by atoms with van der Waals surface area (Å²) in [6.45, 7) is 15.7. The summed E-state index contributed by atoms with van der Waals surface area (Å²) in [5.74, 6) is 0.821. The second-order valence-electron chi connectivity index (χ2n) is 16.2. The molecule has 4 amide bonds. The van der Waals surface area contributed by atoms with E-state index in [1.165, 1.54) is 12.2 Å². The van der Waals surface area contributed by atoms with Gasteiger partial charge in [-0.1, -0.05) is 50.2 Å². The van der Waals surface area contributed by atoms with Crippen LogP contribution < -0.4 is 15.3 Å². The number of hydroxylamine groups is 1. The van der Waals surface area contributed by atoms with E-state index in [2.05, 4.69) is 20.2 Å². The lowest BCUT2D eigenvalue weighted by atomic mass is 10.0. The van der Waals surface area contributed by atoms with Gasteiger partial charge in [0.2, 0.25) is 5.91 Å². The highest BCUT2D eigenvalue weighted by molar-refractivity contribution is 6.04. The number of imidazole rings is 1. The van der Waals surface area contributed by atoms with Gasteiger partial charge in [-0.05, 0) is 88.8 Å². The Morgan fingerprint density at radius 3 is 2.22 bits per heavy atom. The first-order valence-corrected chi connectivity index (χ1v) is 20.3. The Bertz CT molecular complexity index is 2080. The van der Waals surface area contributed by atoms with Gasteiger partial charge in [-0.3, -0.25) is 14.4 Å². The van der Waals surface area contributed by atoms with Gasteiger partial charge in [0.05, 0.1) is 36.7 Å². The molecule has 0 saturated carbocycles. The molecule has 2 aromatic heterocycles. The van der Waals surface area contributed by atoms with Crippen LogP contribution in [-0.4, -0.2) is 106 Å². The number of pyridine rings is 1. The molecule has 314 valence electrons. The molecule has 59 heavy (non-hydrogen) atoms. The number of aromatic nitrogens is 3. The summed E-state index contributed by atoms with van der Waals surface area (Å²) in [4.78, 5) is 76.1. The fourth-order valence-corrected chi connectivity index (χ4v) is 7.44. The standard InChI is InChI=1S/C44H56N8O7/c1-9-58-52(40(53)33-18-21-37(45-25-33)50-24-23-49(27-29(50)4)43(56)59-44(5,6)7)34-19-16-31(17-20-34)30-12-14-32(15-13-30)35-26-46-39(47-35)36-11-10-22-51(36)41(54)38(28(2)3)48-42(55)57-8/h12-21,25-26,28-29,36,38H,9-11,22-24,27H2,1-8H3,(H,46,47)(H,48,55). The van der Waals surface area contributed by atoms with Crippen molar-refractivity contribution in [3.8, 4) is 22.4 Å². The van der Waals surface area contributed by atoms with E-state index in [0.717, 1.165) is 41.0 Å². The van der Waals surface area contributed by atoms with E-state index in [9.17, 15) is 19.2 Å². The summed E-state index contributed by atoms with van der Waals surface area (Å²) in [5.41, 5.74) is 4.02. The minimum absolute atomic E-state index is 0.00704. The van der Waals surface area contributed by atoms with Gasteiger partial charge in [0.15, 0.2) is 0 Å². The van der Waals surface area contributed by atoms with Crippen molar-refractivity contribution in [1.82, 2.24) is 30.1 Å². The van der Waals surface area contributed by atoms with Gasteiger partial charge in [-0.15, -0.1) is 0 Å². The quantitative estimate of drug-likeness (QED) is 0.148. The summed E-state index contributed by atoms with van der Waals surface area (Å²) >= 11 is 0. The number of benzene rings is 2. The average molecular weight is 809 g/mol. The first-order chi connectivity index (χ1) is 28.2. The number of carbonyl (C=O) groups is 4. The van der Waals surface area contributed by atoms with Gasteiger partial charge in [-0.25, -0.2) is 19.6 Å². The Labute approximate surface area is 346 Å². The second kappa shape index (κ2) is 18.3. The summed E-state index contributed by atoms with van der Waals surface area (Å²) in [6, 6.07) is 18.3. The van der Waals surface area contributed by atoms with Crippen molar-refractivity contribution in [2.75, 3.05) is 49.9 Å². The largest absolute Gasteiger partial charge is 0.453 e. The number of amides is 4. The van der Waals surface area contributed by atoms with Crippen LogP contribution in [0.25, 0.3) is 22.4 Å². The van der Waals surface area contributed by atoms with E-state index in [-0.39, 0.29) is 42.5 Å². The van der Waals surface area contributed by atoms with E-state index in [0.29, 0.717) is 43.3 Å². The number of alkyl carbamates (subject to hydrolysis) is 1. The topological polar surface area (TPSA) is 163 Å². The smallest absolute Gasteiger partial charge is 0.410 e. The van der Waals surface area contributed by atoms with Crippen molar-refractivity contribution in [1.29, 1.82) is 0 Å². The molecule has 4 aromatic rings. The number of methoxy groups -OCH3 is 1. The molecule has 0 radical (unpaired) electrons. The minimum Gasteiger partial charge on any atom is -0.453 e. The fraction of sp³-hybridized carbons (Fsp3) is 0.455. The molecule has 2 aliphatic rings. The van der Waals surface area contributed by atoms with Gasteiger partial charge in [0.1, 0.15) is 23.3 Å². The van der Waals surface area contributed by atoms with Crippen LogP contribution in [0.2, 0.25) is 0 Å². The van der Waals surface area contributed by atoms with Crippen LogP contribution in [-0.2, 0) is 19.1 Å². The van der Waals surface area contributed by atoms with Crippen molar-refractivity contribution in [2.45, 2.75) is 85.0 Å². The van der Waals surface area contributed by atoms with Gasteiger partial charge in [0.25, 0.3) is 5.91 Å². The number of likely N-dealkylation sites (tertiary alicyclic amines) is 1. The summed E-state index contributed by atoms with van der Waals surface area (Å²) in [6.07, 6.45) is 4.06. The van der Waals surface area contributed by atoms with Crippen LogP contribution in [0.3, 0.4) is 0 Å². The van der Waals surface area contributed by atoms with E-state index in [4.69, 9.17) is 19.3 Å². The normalized spacial score (nSPS) is 17.5. The summed E-state index contributed by atoms with van der Waals surface area (Å²) in [7, 11) is 1.28. The van der Waals surface area contributed by atoms with Crippen molar-refractivity contribution in [2.24, 2.45) is 5.92 Å². The van der Waals surface area contributed by atoms with Crippen LogP contribution in [0.4, 0.5) is 21.1 Å². The molecular formula is C44H56N8O7. The molecule has 2 fully saturated rings. The number of anilines is 2. The van der Waals surface area contributed by atoms with E-state index < -0.39 is 17.7 Å². The molecule has 3 unspecified atom stereocenters. The van der Waals surface area contributed by atoms with Crippen molar-refractivity contribution < 1.29 is 33.5 Å². The molecule has 0 spiro atoms. The van der Waals surface area contributed by atoms with Crippen LogP contribution in [0, 0.1) is 5.92 Å². The van der Waals surface area contributed by atoms with E-state index in [1.54, 1.807) is 22.1 Å². The van der Waals surface area contributed by atoms with Gasteiger partial charge >= 0.3 is 12.2 Å². The molecule has 2 saturated heterocycles. The number of rotatable bonds is 11. The summed E-state index contributed by atoms with van der Waals surface area (Å²) < 4.78 is 10.3. The van der Waals surface area contributed by atoms with Crippen molar-refractivity contribution in [3.05, 3.63) is 84.4 Å². The monoisotopic (exact) mass is 808 g/mol. The molecular weight excluding hydrogens is 753 g/mol. The van der Waals surface area contributed by atoms with Crippen molar-refractivity contribution >= 4 is 35.5 Å². The molecule has 2 aliphatic heterocycles. The third-order valence-corrected chi connectivity index (χ3v) is 10.5. The molecule has 0 bridgehead atoms. The molecule has 15 nitrogen and oxygen atoms in total. The lowest BCUT2D eigenvalue weighted by molar-refractivity contribution is -0.135. The number of H-pyrrole nitrogens is 1. The minimum atomic E-state index is -0.700. The fourth-order valence-electron chi connectivity index (χ4n) is 7.44. The molecule has 15 heteroatoms. The van der Waals surface area contributed by atoms with Gasteiger partial charge in [-0.2, -0.15) is 5.06 Å². The Morgan fingerprint density at radius 1 is 0.949 bits per heavy atom. The maximum absolute atomic E-state index is 13.7. The zero-order valence-electron chi connectivity index (χ0n) is 35.2. The average Bonchev–Trinajstić information content (AvgIpc) is 3.92. The van der Waals surface area contributed by atoms with Gasteiger partial charge in [0, 0.05) is 50.2 Å². The first kappa shape index (κ1) is 42.6. The summed E-state index contributed by atoms with van der Waals surface area (Å²) in [5, 5.41) is 3.98. The van der Waals surface area contributed by atoms with Crippen LogP contribution in [0.15, 0.2) is 73.1 Å². The Balaban J connectivity index is 1.09. The number of aromatic amines is 1. The van der Waals surface area contributed by atoms with Crippen LogP contribution >= 0.6 is 0 Å². The van der Waals surface area contributed by atoms with Crippen LogP contribution in [0.5, 0.6) is 0 Å². The lowest BCUT2D eigenvalue weighted by Crippen LogP contribution is -2.54. The number of nitrogens with one attached hydrogen (secondary N) is 2. The Kier molecular flexibility index (Phi) is 13.2. The Hall–Kier alpha value is -5.96. The highest BCUT2D eigenvalue weighted by Crippen LogP contribution is 2.34. The number of nitrogens with zero attached hydrogens (tertiary/aromatic N) is 6. The third-order valence-electron chi connectivity index (χ3n) is 10.5. The molecule has 4 heterocycles. The molecule has 3 atom stereocenters. The van der Waals surface area contributed by atoms with Crippen LogP contribution in [0.1, 0.15) is 83.5 Å². The number of ether oxygens (including phenoxy) is 2. The maximum Gasteiger partial charge on any atom is 0.410 e. The number of piperazine rings is 1. The zero-order valence-corrected chi connectivity index (χ0v) is 35.2. The van der Waals surface area contributed by atoms with Gasteiger partial charge < -0.3 is 34.5 Å². The SMILES string of the molecule is CCON(C(=O)c1ccc(N2CCN(C(=O)OC(C)(C)C)CC2C)nc1)c1ccc(-c2ccc(-c3c[nH]c(C4CCCN4C(=O)C(NC(=O)OC)C(C)C)n3)cc2)cc1. The molecule has 2 N–H and O–H groups in total. The first-order valence-electron chi connectivity index (χ1n) is 20.3. The maximum atomic E-state index is 13.7. The number of hydrogen-bond acceptors (Lipinski definition) is 10. The third kappa shape index (κ3) is 10.0. The molecule has 2 aromatic carbocycles. The highest BCUT2D eigenvalue weighted by Gasteiger charge is 2.38. The molecule has 0 aliphatic carbocycles. The number of carbonyl (C=O) groups excluding carboxylic acids is 4. The van der Waals surface area contributed by atoms with Crippen molar-refractivity contribution in [3.63, 3.8) is 0 Å². The number of hydrogen-bond donors (Lipinski definition) is 2. The Morgan fingerprint density at radius 2 is 1.63 bits per heavy atom. The van der Waals surface area contributed by atoms with E-state index >= 15 is 0 Å².